The van der Waals surface area contributed by atoms with E-state index in [1.807, 2.05) is 37.3 Å². The summed E-state index contributed by atoms with van der Waals surface area (Å²) in [6, 6.07) is 14.2. The molecular formula is C21H28N2O4. The summed E-state index contributed by atoms with van der Waals surface area (Å²) in [7, 11) is 0. The summed E-state index contributed by atoms with van der Waals surface area (Å²) in [4.78, 5) is 11.9. The maximum Gasteiger partial charge on any atom is 0.220 e. The predicted molar refractivity (Wildman–Crippen MR) is 104 cm³/mol. The lowest BCUT2D eigenvalue weighted by Crippen LogP contribution is -2.40. The molecule has 3 unspecified atom stereocenters. The molecule has 146 valence electrons. The van der Waals surface area contributed by atoms with Crippen LogP contribution < -0.4 is 16.2 Å². The van der Waals surface area contributed by atoms with Crippen LogP contribution in [-0.4, -0.2) is 34.9 Å². The van der Waals surface area contributed by atoms with E-state index in [4.69, 9.17) is 16.2 Å². The summed E-state index contributed by atoms with van der Waals surface area (Å²) < 4.78 is 5.37. The third-order valence-corrected chi connectivity index (χ3v) is 4.59. The molecule has 2 aromatic rings. The molecular weight excluding hydrogens is 344 g/mol. The highest BCUT2D eigenvalue weighted by molar-refractivity contribution is 5.77. The van der Waals surface area contributed by atoms with Gasteiger partial charge in [0.25, 0.3) is 0 Å². The fourth-order valence-electron chi connectivity index (χ4n) is 3.06. The van der Waals surface area contributed by atoms with Gasteiger partial charge in [0.05, 0.1) is 12.7 Å². The minimum absolute atomic E-state index is 0.00586. The molecule has 0 spiro atoms. The standard InChI is InChI=1S/C21H28N2O4/c1-2-27-19-10-6-9-15(20(19)25)12-16(21(23)26)13-18(24)17(22)11-14-7-4-3-5-8-14/h3-10,16-18,24-25H,2,11-13,22H2,1H3,(H2,23,26). The first-order chi connectivity index (χ1) is 12.9. The molecule has 0 fully saturated rings. The third-order valence-electron chi connectivity index (χ3n) is 4.59. The molecule has 0 heterocycles. The molecule has 0 saturated carbocycles. The molecule has 0 aromatic heterocycles. The summed E-state index contributed by atoms with van der Waals surface area (Å²) in [5.41, 5.74) is 13.2. The number of para-hydroxylation sites is 1. The molecule has 0 aliphatic rings. The number of carbonyl (C=O) groups is 1. The minimum Gasteiger partial charge on any atom is -0.504 e. The number of aliphatic hydroxyl groups is 1. The Balaban J connectivity index is 2.05. The summed E-state index contributed by atoms with van der Waals surface area (Å²) in [5.74, 6) is -0.833. The molecule has 6 heteroatoms. The van der Waals surface area contributed by atoms with Crippen molar-refractivity contribution >= 4 is 5.91 Å². The smallest absolute Gasteiger partial charge is 0.220 e. The van der Waals surface area contributed by atoms with E-state index in [1.54, 1.807) is 18.2 Å². The van der Waals surface area contributed by atoms with Gasteiger partial charge in [-0.2, -0.15) is 0 Å². The maximum absolute atomic E-state index is 11.9. The zero-order valence-electron chi connectivity index (χ0n) is 15.5. The number of primary amides is 1. The normalized spacial score (nSPS) is 14.3. The summed E-state index contributed by atoms with van der Waals surface area (Å²) in [6.07, 6.45) is -0.0582. The van der Waals surface area contributed by atoms with Crippen LogP contribution >= 0.6 is 0 Å². The first-order valence-electron chi connectivity index (χ1n) is 9.12. The topological polar surface area (TPSA) is 119 Å². The number of phenols is 1. The van der Waals surface area contributed by atoms with Crippen molar-refractivity contribution in [1.29, 1.82) is 0 Å². The Kier molecular flexibility index (Phi) is 7.64. The lowest BCUT2D eigenvalue weighted by atomic mass is 9.89. The molecule has 0 aliphatic heterocycles. The Hall–Kier alpha value is -2.57. The van der Waals surface area contributed by atoms with Gasteiger partial charge >= 0.3 is 0 Å². The molecule has 0 radical (unpaired) electrons. The molecule has 2 aromatic carbocycles. The zero-order chi connectivity index (χ0) is 19.8. The number of aliphatic hydroxyl groups excluding tert-OH is 1. The van der Waals surface area contributed by atoms with Gasteiger partial charge in [0.15, 0.2) is 11.5 Å². The van der Waals surface area contributed by atoms with Crippen molar-refractivity contribution in [2.45, 2.75) is 38.3 Å². The second-order valence-corrected chi connectivity index (χ2v) is 6.66. The van der Waals surface area contributed by atoms with Crippen LogP contribution in [0.25, 0.3) is 0 Å². The number of benzene rings is 2. The Morgan fingerprint density at radius 3 is 2.44 bits per heavy atom. The Bertz CT molecular complexity index is 736. The number of aromatic hydroxyl groups is 1. The fraction of sp³-hybridized carbons (Fsp3) is 0.381. The molecule has 27 heavy (non-hydrogen) atoms. The van der Waals surface area contributed by atoms with Crippen molar-refractivity contribution in [3.05, 3.63) is 59.7 Å². The predicted octanol–water partition coefficient (Wildman–Crippen LogP) is 1.76. The molecule has 3 atom stereocenters. The number of amides is 1. The van der Waals surface area contributed by atoms with Crippen molar-refractivity contribution in [3.63, 3.8) is 0 Å². The highest BCUT2D eigenvalue weighted by Gasteiger charge is 2.25. The number of rotatable bonds is 10. The van der Waals surface area contributed by atoms with Gasteiger partial charge in [-0.05, 0) is 43.4 Å². The second kappa shape index (κ2) is 9.94. The van der Waals surface area contributed by atoms with Crippen LogP contribution in [0.5, 0.6) is 11.5 Å². The van der Waals surface area contributed by atoms with E-state index >= 15 is 0 Å². The highest BCUT2D eigenvalue weighted by Crippen LogP contribution is 2.32. The molecule has 1 amide bonds. The second-order valence-electron chi connectivity index (χ2n) is 6.66. The summed E-state index contributed by atoms with van der Waals surface area (Å²) in [6.45, 7) is 2.24. The number of ether oxygens (including phenoxy) is 1. The van der Waals surface area contributed by atoms with Gasteiger partial charge in [0.2, 0.25) is 5.91 Å². The zero-order valence-corrected chi connectivity index (χ0v) is 15.5. The van der Waals surface area contributed by atoms with Crippen LogP contribution in [0, 0.1) is 5.92 Å². The van der Waals surface area contributed by atoms with Crippen LogP contribution in [0.2, 0.25) is 0 Å². The van der Waals surface area contributed by atoms with E-state index in [9.17, 15) is 15.0 Å². The Morgan fingerprint density at radius 1 is 1.11 bits per heavy atom. The number of nitrogens with two attached hydrogens (primary N) is 2. The minimum atomic E-state index is -0.889. The van der Waals surface area contributed by atoms with Crippen molar-refractivity contribution in [1.82, 2.24) is 0 Å². The molecule has 6 N–H and O–H groups in total. The van der Waals surface area contributed by atoms with Gasteiger partial charge < -0.3 is 26.4 Å². The van der Waals surface area contributed by atoms with E-state index < -0.39 is 24.0 Å². The van der Waals surface area contributed by atoms with Gasteiger partial charge in [-0.15, -0.1) is 0 Å². The molecule has 0 aliphatic carbocycles. The van der Waals surface area contributed by atoms with Gasteiger partial charge in [-0.1, -0.05) is 42.5 Å². The van der Waals surface area contributed by atoms with Crippen LogP contribution in [0.4, 0.5) is 0 Å². The van der Waals surface area contributed by atoms with E-state index in [2.05, 4.69) is 0 Å². The first kappa shape index (κ1) is 20.7. The Labute approximate surface area is 159 Å². The average Bonchev–Trinajstić information content (AvgIpc) is 2.65. The van der Waals surface area contributed by atoms with E-state index in [0.29, 0.717) is 24.3 Å². The fourth-order valence-corrected chi connectivity index (χ4v) is 3.06. The van der Waals surface area contributed by atoms with Crippen molar-refractivity contribution in [2.75, 3.05) is 6.61 Å². The molecule has 6 nitrogen and oxygen atoms in total. The number of hydrogen-bond donors (Lipinski definition) is 4. The SMILES string of the molecule is CCOc1cccc(CC(CC(O)C(N)Cc2ccccc2)C(N)=O)c1O. The molecule has 2 rings (SSSR count). The quantitative estimate of drug-likeness (QED) is 0.507. The van der Waals surface area contributed by atoms with E-state index in [1.165, 1.54) is 0 Å². The van der Waals surface area contributed by atoms with Crippen LogP contribution in [-0.2, 0) is 17.6 Å². The molecule has 0 bridgehead atoms. The van der Waals surface area contributed by atoms with Crippen LogP contribution in [0.15, 0.2) is 48.5 Å². The van der Waals surface area contributed by atoms with E-state index in [-0.39, 0.29) is 18.6 Å². The monoisotopic (exact) mass is 372 g/mol. The van der Waals surface area contributed by atoms with Crippen molar-refractivity contribution in [2.24, 2.45) is 17.4 Å². The lowest BCUT2D eigenvalue weighted by molar-refractivity contribution is -0.122. The third kappa shape index (κ3) is 5.98. The van der Waals surface area contributed by atoms with Crippen molar-refractivity contribution < 1.29 is 19.7 Å². The summed E-state index contributed by atoms with van der Waals surface area (Å²) in [5, 5.41) is 20.8. The van der Waals surface area contributed by atoms with Crippen molar-refractivity contribution in [3.8, 4) is 11.5 Å². The maximum atomic E-state index is 11.9. The summed E-state index contributed by atoms with van der Waals surface area (Å²) >= 11 is 0. The van der Waals surface area contributed by atoms with Gasteiger partial charge in [-0.3, -0.25) is 4.79 Å². The number of hydrogen-bond acceptors (Lipinski definition) is 5. The van der Waals surface area contributed by atoms with Gasteiger partial charge in [0, 0.05) is 12.0 Å². The number of phenolic OH excluding ortho intramolecular Hbond substituents is 1. The average molecular weight is 372 g/mol. The van der Waals surface area contributed by atoms with Gasteiger partial charge in [-0.25, -0.2) is 0 Å². The first-order valence-corrected chi connectivity index (χ1v) is 9.12. The number of carbonyl (C=O) groups excluding carboxylic acids is 1. The largest absolute Gasteiger partial charge is 0.504 e. The lowest BCUT2D eigenvalue weighted by Gasteiger charge is -2.23. The highest BCUT2D eigenvalue weighted by atomic mass is 16.5. The van der Waals surface area contributed by atoms with Gasteiger partial charge in [0.1, 0.15) is 0 Å². The van der Waals surface area contributed by atoms with Crippen LogP contribution in [0.3, 0.4) is 0 Å². The molecule has 0 saturated heterocycles. The Morgan fingerprint density at radius 2 is 1.81 bits per heavy atom. The van der Waals surface area contributed by atoms with Crippen LogP contribution in [0.1, 0.15) is 24.5 Å². The van der Waals surface area contributed by atoms with E-state index in [0.717, 1.165) is 5.56 Å².